The van der Waals surface area contributed by atoms with Gasteiger partial charge in [-0.1, -0.05) is 30.0 Å². The van der Waals surface area contributed by atoms with Gasteiger partial charge in [0, 0.05) is 6.54 Å². The van der Waals surface area contributed by atoms with Gasteiger partial charge in [-0.3, -0.25) is 5.10 Å². The summed E-state index contributed by atoms with van der Waals surface area (Å²) in [5.41, 5.74) is 0. The van der Waals surface area contributed by atoms with Crippen LogP contribution < -0.4 is 5.32 Å². The molecule has 6 nitrogen and oxygen atoms in total. The Bertz CT molecular complexity index is 466. The minimum atomic E-state index is 0.751. The van der Waals surface area contributed by atoms with E-state index in [-0.39, 0.29) is 0 Å². The van der Waals surface area contributed by atoms with E-state index in [9.17, 15) is 0 Å². The number of thioether (sulfide) groups is 1. The van der Waals surface area contributed by atoms with Gasteiger partial charge >= 0.3 is 0 Å². The third-order valence-electron chi connectivity index (χ3n) is 1.89. The lowest BCUT2D eigenvalue weighted by Gasteiger charge is -1.95. The van der Waals surface area contributed by atoms with Crippen LogP contribution in [0.3, 0.4) is 0 Å². The minimum absolute atomic E-state index is 0.751. The van der Waals surface area contributed by atoms with Crippen molar-refractivity contribution < 1.29 is 0 Å². The molecule has 2 aromatic heterocycles. The van der Waals surface area contributed by atoms with Gasteiger partial charge in [0.25, 0.3) is 0 Å². The highest BCUT2D eigenvalue weighted by molar-refractivity contribution is 7.98. The van der Waals surface area contributed by atoms with E-state index in [4.69, 9.17) is 0 Å². The number of hydrogen-bond donors (Lipinski definition) is 2. The monoisotopic (exact) mass is 270 g/mol. The van der Waals surface area contributed by atoms with Crippen LogP contribution in [0.5, 0.6) is 0 Å². The molecule has 0 unspecified atom stereocenters. The van der Waals surface area contributed by atoms with Gasteiger partial charge in [-0.05, 0) is 13.3 Å². The van der Waals surface area contributed by atoms with Crippen LogP contribution in [0, 0.1) is 6.92 Å². The first kappa shape index (κ1) is 12.3. The van der Waals surface area contributed by atoms with Crippen LogP contribution in [0.15, 0.2) is 5.16 Å². The van der Waals surface area contributed by atoms with Gasteiger partial charge in [-0.2, -0.15) is 0 Å². The second kappa shape index (κ2) is 5.97. The van der Waals surface area contributed by atoms with Crippen molar-refractivity contribution in [1.82, 2.24) is 25.4 Å². The maximum Gasteiger partial charge on any atom is 0.208 e. The predicted molar refractivity (Wildman–Crippen MR) is 69.4 cm³/mol. The standard InChI is InChI=1S/C9H14N6S2/c1-3-4-10-8-14-13-7(17-8)5-16-9-11-6(2)12-15-9/h3-5H2,1-2H3,(H,10,14)(H,11,12,15). The van der Waals surface area contributed by atoms with Gasteiger partial charge in [0.2, 0.25) is 10.3 Å². The van der Waals surface area contributed by atoms with Gasteiger partial charge in [-0.25, -0.2) is 4.98 Å². The molecular formula is C9H14N6S2. The Morgan fingerprint density at radius 2 is 2.29 bits per heavy atom. The highest BCUT2D eigenvalue weighted by Crippen LogP contribution is 2.23. The van der Waals surface area contributed by atoms with Crippen molar-refractivity contribution in [3.05, 3.63) is 10.8 Å². The fourth-order valence-electron chi connectivity index (χ4n) is 1.13. The van der Waals surface area contributed by atoms with Crippen LogP contribution in [0.1, 0.15) is 24.2 Å². The molecule has 17 heavy (non-hydrogen) atoms. The molecule has 0 fully saturated rings. The summed E-state index contributed by atoms with van der Waals surface area (Å²) in [5, 5.41) is 20.9. The number of nitrogens with zero attached hydrogens (tertiary/aromatic N) is 4. The van der Waals surface area contributed by atoms with Crippen molar-refractivity contribution >= 4 is 28.2 Å². The molecule has 2 rings (SSSR count). The third kappa shape index (κ3) is 3.67. The normalized spacial score (nSPS) is 10.7. The van der Waals surface area contributed by atoms with Crippen LogP contribution in [0.25, 0.3) is 0 Å². The largest absolute Gasteiger partial charge is 0.360 e. The molecule has 0 aliphatic heterocycles. The summed E-state index contributed by atoms with van der Waals surface area (Å²) in [4.78, 5) is 4.22. The van der Waals surface area contributed by atoms with E-state index in [1.54, 1.807) is 23.1 Å². The molecule has 0 aliphatic carbocycles. The van der Waals surface area contributed by atoms with E-state index in [1.807, 2.05) is 6.92 Å². The van der Waals surface area contributed by atoms with Crippen LogP contribution >= 0.6 is 23.1 Å². The molecule has 8 heteroatoms. The Labute approximate surface area is 108 Å². The molecular weight excluding hydrogens is 256 g/mol. The number of aryl methyl sites for hydroxylation is 1. The lowest BCUT2D eigenvalue weighted by atomic mass is 10.5. The fourth-order valence-corrected chi connectivity index (χ4v) is 2.72. The van der Waals surface area contributed by atoms with Gasteiger partial charge in [0.15, 0.2) is 0 Å². The lowest BCUT2D eigenvalue weighted by molar-refractivity contribution is 0.955. The Balaban J connectivity index is 1.84. The summed E-state index contributed by atoms with van der Waals surface area (Å²) in [7, 11) is 0. The van der Waals surface area contributed by atoms with Gasteiger partial charge in [0.1, 0.15) is 10.8 Å². The summed E-state index contributed by atoms with van der Waals surface area (Å²) >= 11 is 3.14. The molecule has 2 aromatic rings. The molecule has 2 heterocycles. The average Bonchev–Trinajstić information content (AvgIpc) is 2.93. The Hall–Kier alpha value is -1.15. The number of nitrogens with one attached hydrogen (secondary N) is 2. The third-order valence-corrected chi connectivity index (χ3v) is 3.82. The van der Waals surface area contributed by atoms with E-state index >= 15 is 0 Å². The second-order valence-electron chi connectivity index (χ2n) is 3.42. The molecule has 0 saturated carbocycles. The van der Waals surface area contributed by atoms with Crippen LogP contribution in [0.4, 0.5) is 5.13 Å². The van der Waals surface area contributed by atoms with Crippen molar-refractivity contribution in [3.8, 4) is 0 Å². The summed E-state index contributed by atoms with van der Waals surface area (Å²) in [6, 6.07) is 0. The maximum atomic E-state index is 4.22. The smallest absolute Gasteiger partial charge is 0.208 e. The highest BCUT2D eigenvalue weighted by atomic mass is 32.2. The molecule has 0 aliphatic rings. The molecule has 0 radical (unpaired) electrons. The summed E-state index contributed by atoms with van der Waals surface area (Å²) in [6.45, 7) is 4.94. The van der Waals surface area contributed by atoms with Crippen LogP contribution in [-0.4, -0.2) is 31.9 Å². The lowest BCUT2D eigenvalue weighted by Crippen LogP contribution is -1.98. The summed E-state index contributed by atoms with van der Waals surface area (Å²) in [5.74, 6) is 1.58. The van der Waals surface area contributed by atoms with E-state index in [1.165, 1.54) is 0 Å². The molecule has 0 aromatic carbocycles. The maximum absolute atomic E-state index is 4.22. The van der Waals surface area contributed by atoms with Crippen molar-refractivity contribution in [1.29, 1.82) is 0 Å². The highest BCUT2D eigenvalue weighted by Gasteiger charge is 2.06. The first-order valence-corrected chi connectivity index (χ1v) is 7.16. The predicted octanol–water partition coefficient (Wildman–Crippen LogP) is 2.08. The zero-order chi connectivity index (χ0) is 12.1. The first-order valence-electron chi connectivity index (χ1n) is 5.36. The number of aromatic amines is 1. The molecule has 0 atom stereocenters. The molecule has 0 saturated heterocycles. The van der Waals surface area contributed by atoms with Crippen LogP contribution in [0.2, 0.25) is 0 Å². The molecule has 0 amide bonds. The van der Waals surface area contributed by atoms with E-state index in [0.717, 1.165) is 39.8 Å². The Morgan fingerprint density at radius 3 is 3.00 bits per heavy atom. The van der Waals surface area contributed by atoms with Crippen LogP contribution in [-0.2, 0) is 5.75 Å². The minimum Gasteiger partial charge on any atom is -0.360 e. The topological polar surface area (TPSA) is 79.4 Å². The van der Waals surface area contributed by atoms with Gasteiger partial charge in [0.05, 0.1) is 5.75 Å². The molecule has 0 spiro atoms. The second-order valence-corrected chi connectivity index (χ2v) is 5.42. The number of hydrogen-bond acceptors (Lipinski definition) is 7. The van der Waals surface area contributed by atoms with Crippen molar-refractivity contribution in [3.63, 3.8) is 0 Å². The SMILES string of the molecule is CCCNc1nnc(CSc2n[nH]c(C)n2)s1. The number of H-pyrrole nitrogens is 1. The van der Waals surface area contributed by atoms with E-state index in [2.05, 4.69) is 37.6 Å². The van der Waals surface area contributed by atoms with Crippen molar-refractivity contribution in [2.45, 2.75) is 31.2 Å². The number of rotatable bonds is 6. The first-order chi connectivity index (χ1) is 8.28. The molecule has 2 N–H and O–H groups in total. The molecule has 0 bridgehead atoms. The number of aromatic nitrogens is 5. The zero-order valence-electron chi connectivity index (χ0n) is 9.73. The fraction of sp³-hybridized carbons (Fsp3) is 0.556. The average molecular weight is 270 g/mol. The van der Waals surface area contributed by atoms with E-state index in [0.29, 0.717) is 0 Å². The Morgan fingerprint density at radius 1 is 1.41 bits per heavy atom. The number of anilines is 1. The van der Waals surface area contributed by atoms with Gasteiger partial charge in [-0.15, -0.1) is 15.3 Å². The zero-order valence-corrected chi connectivity index (χ0v) is 11.4. The van der Waals surface area contributed by atoms with Gasteiger partial charge < -0.3 is 5.32 Å². The summed E-state index contributed by atoms with van der Waals surface area (Å²) < 4.78 is 0. The van der Waals surface area contributed by atoms with E-state index < -0.39 is 0 Å². The summed E-state index contributed by atoms with van der Waals surface area (Å²) in [6.07, 6.45) is 1.08. The molecule has 92 valence electrons. The Kier molecular flexibility index (Phi) is 4.32. The van der Waals surface area contributed by atoms with Crippen molar-refractivity contribution in [2.24, 2.45) is 0 Å². The van der Waals surface area contributed by atoms with Crippen molar-refractivity contribution in [2.75, 3.05) is 11.9 Å². The quantitative estimate of drug-likeness (QED) is 0.782.